The third-order valence-electron chi connectivity index (χ3n) is 1.58. The van der Waals surface area contributed by atoms with E-state index in [4.69, 9.17) is 4.74 Å². The molecule has 0 aromatic carbocycles. The fourth-order valence-corrected chi connectivity index (χ4v) is 1.03. The van der Waals surface area contributed by atoms with Crippen LogP contribution in [0.15, 0.2) is 18.3 Å². The van der Waals surface area contributed by atoms with Gasteiger partial charge in [0.25, 0.3) is 0 Å². The van der Waals surface area contributed by atoms with Crippen molar-refractivity contribution in [2.24, 2.45) is 0 Å². The predicted molar refractivity (Wildman–Crippen MR) is 54.0 cm³/mol. The van der Waals surface area contributed by atoms with Crippen molar-refractivity contribution >= 4 is 0 Å². The average Bonchev–Trinajstić information content (AvgIpc) is 2.03. The molecule has 0 fully saturated rings. The largest absolute Gasteiger partial charge is 0.487 e. The molecule has 1 heterocycles. The van der Waals surface area contributed by atoms with E-state index < -0.39 is 0 Å². The standard InChI is InChI=1S/C11H17NO/c1-5-9-6-7-10(8-12-9)13-11(2,3)4/h6-8H,5H2,1-4H3. The monoisotopic (exact) mass is 179 g/mol. The molecule has 1 aromatic heterocycles. The minimum absolute atomic E-state index is 0.143. The van der Waals surface area contributed by atoms with E-state index in [2.05, 4.69) is 11.9 Å². The molecule has 0 amide bonds. The zero-order chi connectivity index (χ0) is 9.90. The third-order valence-corrected chi connectivity index (χ3v) is 1.58. The number of pyridine rings is 1. The second-order valence-electron chi connectivity index (χ2n) is 4.05. The van der Waals surface area contributed by atoms with Gasteiger partial charge in [-0.05, 0) is 39.3 Å². The highest BCUT2D eigenvalue weighted by Gasteiger charge is 2.11. The summed E-state index contributed by atoms with van der Waals surface area (Å²) in [6, 6.07) is 3.97. The maximum Gasteiger partial charge on any atom is 0.138 e. The maximum atomic E-state index is 5.64. The molecule has 0 atom stereocenters. The van der Waals surface area contributed by atoms with Gasteiger partial charge in [0.1, 0.15) is 11.4 Å². The topological polar surface area (TPSA) is 22.1 Å². The number of hydrogen-bond donors (Lipinski definition) is 0. The van der Waals surface area contributed by atoms with Crippen molar-refractivity contribution in [3.63, 3.8) is 0 Å². The van der Waals surface area contributed by atoms with E-state index in [0.29, 0.717) is 0 Å². The van der Waals surface area contributed by atoms with Crippen molar-refractivity contribution in [3.05, 3.63) is 24.0 Å². The molecule has 2 nitrogen and oxygen atoms in total. The zero-order valence-electron chi connectivity index (χ0n) is 8.79. The van der Waals surface area contributed by atoms with Crippen molar-refractivity contribution in [2.45, 2.75) is 39.7 Å². The highest BCUT2D eigenvalue weighted by Crippen LogP contribution is 2.16. The summed E-state index contributed by atoms with van der Waals surface area (Å²) in [5.41, 5.74) is 0.955. The van der Waals surface area contributed by atoms with Crippen molar-refractivity contribution < 1.29 is 4.74 Å². The lowest BCUT2D eigenvalue weighted by Gasteiger charge is -2.20. The minimum Gasteiger partial charge on any atom is -0.487 e. The Morgan fingerprint density at radius 2 is 2.00 bits per heavy atom. The van der Waals surface area contributed by atoms with Gasteiger partial charge in [0.15, 0.2) is 0 Å². The van der Waals surface area contributed by atoms with Crippen molar-refractivity contribution in [2.75, 3.05) is 0 Å². The number of aryl methyl sites for hydroxylation is 1. The summed E-state index contributed by atoms with van der Waals surface area (Å²) in [5.74, 6) is 0.838. The van der Waals surface area contributed by atoms with E-state index in [9.17, 15) is 0 Å². The lowest BCUT2D eigenvalue weighted by molar-refractivity contribution is 0.130. The molecule has 13 heavy (non-hydrogen) atoms. The SMILES string of the molecule is CCc1ccc(OC(C)(C)C)cn1. The number of ether oxygens (including phenoxy) is 1. The molecule has 72 valence electrons. The van der Waals surface area contributed by atoms with Crippen molar-refractivity contribution in [1.82, 2.24) is 4.98 Å². The summed E-state index contributed by atoms with van der Waals surface area (Å²) < 4.78 is 5.64. The number of nitrogens with zero attached hydrogens (tertiary/aromatic N) is 1. The summed E-state index contributed by atoms with van der Waals surface area (Å²) in [6.45, 7) is 8.18. The van der Waals surface area contributed by atoms with Gasteiger partial charge < -0.3 is 4.74 Å². The second kappa shape index (κ2) is 3.77. The molecule has 1 aromatic rings. The van der Waals surface area contributed by atoms with Gasteiger partial charge in [-0.1, -0.05) is 6.92 Å². The molecule has 0 aliphatic heterocycles. The van der Waals surface area contributed by atoms with Crippen LogP contribution in [0.25, 0.3) is 0 Å². The first-order chi connectivity index (χ1) is 6.01. The van der Waals surface area contributed by atoms with E-state index >= 15 is 0 Å². The number of hydrogen-bond acceptors (Lipinski definition) is 2. The molecule has 2 heteroatoms. The predicted octanol–water partition coefficient (Wildman–Crippen LogP) is 2.82. The molecule has 0 unspecified atom stereocenters. The van der Waals surface area contributed by atoms with Crippen LogP contribution >= 0.6 is 0 Å². The maximum absolute atomic E-state index is 5.64. The van der Waals surface area contributed by atoms with Crippen LogP contribution in [0, 0.1) is 0 Å². The van der Waals surface area contributed by atoms with Crippen LogP contribution in [0.5, 0.6) is 5.75 Å². The molecule has 0 aliphatic carbocycles. The molecule has 0 saturated heterocycles. The fourth-order valence-electron chi connectivity index (χ4n) is 1.03. The Labute approximate surface area is 80.0 Å². The lowest BCUT2D eigenvalue weighted by atomic mass is 10.2. The Morgan fingerprint density at radius 1 is 1.31 bits per heavy atom. The summed E-state index contributed by atoms with van der Waals surface area (Å²) in [6.07, 6.45) is 2.75. The highest BCUT2D eigenvalue weighted by atomic mass is 16.5. The average molecular weight is 179 g/mol. The van der Waals surface area contributed by atoms with Gasteiger partial charge in [0, 0.05) is 5.69 Å². The van der Waals surface area contributed by atoms with Crippen LogP contribution in [0.4, 0.5) is 0 Å². The van der Waals surface area contributed by atoms with Gasteiger partial charge in [-0.2, -0.15) is 0 Å². The fraction of sp³-hybridized carbons (Fsp3) is 0.545. The van der Waals surface area contributed by atoms with Gasteiger partial charge in [-0.25, -0.2) is 0 Å². The van der Waals surface area contributed by atoms with Gasteiger partial charge >= 0.3 is 0 Å². The van der Waals surface area contributed by atoms with E-state index in [1.54, 1.807) is 6.20 Å². The molecule has 0 spiro atoms. The van der Waals surface area contributed by atoms with Crippen LogP contribution in [0.1, 0.15) is 33.4 Å². The highest BCUT2D eigenvalue weighted by molar-refractivity contribution is 5.20. The summed E-state index contributed by atoms with van der Waals surface area (Å²) in [4.78, 5) is 4.26. The molecule has 0 saturated carbocycles. The molecule has 1 rings (SSSR count). The molecular weight excluding hydrogens is 162 g/mol. The third kappa shape index (κ3) is 3.45. The van der Waals surface area contributed by atoms with Crippen molar-refractivity contribution in [3.8, 4) is 5.75 Å². The first-order valence-electron chi connectivity index (χ1n) is 4.65. The van der Waals surface area contributed by atoms with Crippen molar-refractivity contribution in [1.29, 1.82) is 0 Å². The zero-order valence-corrected chi connectivity index (χ0v) is 8.79. The van der Waals surface area contributed by atoms with Crippen LogP contribution in [0.3, 0.4) is 0 Å². The Balaban J connectivity index is 2.70. The second-order valence-corrected chi connectivity index (χ2v) is 4.05. The summed E-state index contributed by atoms with van der Waals surface area (Å²) in [5, 5.41) is 0. The Hall–Kier alpha value is -1.05. The van der Waals surface area contributed by atoms with E-state index in [1.165, 1.54) is 0 Å². The normalized spacial score (nSPS) is 11.4. The lowest BCUT2D eigenvalue weighted by Crippen LogP contribution is -2.22. The summed E-state index contributed by atoms with van der Waals surface area (Å²) >= 11 is 0. The Morgan fingerprint density at radius 3 is 2.38 bits per heavy atom. The Kier molecular flexibility index (Phi) is 2.91. The van der Waals surface area contributed by atoms with Crippen LogP contribution in [0.2, 0.25) is 0 Å². The molecule has 0 N–H and O–H groups in total. The number of aromatic nitrogens is 1. The molecular formula is C11H17NO. The van der Waals surface area contributed by atoms with Gasteiger partial charge in [-0.3, -0.25) is 4.98 Å². The van der Waals surface area contributed by atoms with E-state index in [1.807, 2.05) is 32.9 Å². The van der Waals surface area contributed by atoms with Crippen LogP contribution in [-0.2, 0) is 6.42 Å². The molecule has 0 bridgehead atoms. The smallest absolute Gasteiger partial charge is 0.138 e. The van der Waals surface area contributed by atoms with Crippen LogP contribution < -0.4 is 4.74 Å². The van der Waals surface area contributed by atoms with Gasteiger partial charge in [0.2, 0.25) is 0 Å². The number of rotatable bonds is 2. The quantitative estimate of drug-likeness (QED) is 0.696. The first-order valence-corrected chi connectivity index (χ1v) is 4.65. The van der Waals surface area contributed by atoms with E-state index in [-0.39, 0.29) is 5.60 Å². The van der Waals surface area contributed by atoms with Crippen LogP contribution in [-0.4, -0.2) is 10.6 Å². The van der Waals surface area contributed by atoms with Gasteiger partial charge in [-0.15, -0.1) is 0 Å². The molecule has 0 aliphatic rings. The van der Waals surface area contributed by atoms with E-state index in [0.717, 1.165) is 17.9 Å². The first kappa shape index (κ1) is 10.0. The minimum atomic E-state index is -0.143. The molecule has 0 radical (unpaired) electrons. The Bertz CT molecular complexity index is 258. The summed E-state index contributed by atoms with van der Waals surface area (Å²) in [7, 11) is 0. The van der Waals surface area contributed by atoms with Gasteiger partial charge in [0.05, 0.1) is 6.20 Å².